The van der Waals surface area contributed by atoms with Crippen LogP contribution in [0.25, 0.3) is 11.2 Å². The molecule has 1 aliphatic rings. The summed E-state index contributed by atoms with van der Waals surface area (Å²) >= 11 is 4.74. The van der Waals surface area contributed by atoms with Gasteiger partial charge in [0.1, 0.15) is 0 Å². The van der Waals surface area contributed by atoms with Gasteiger partial charge in [-0.05, 0) is 17.6 Å². The van der Waals surface area contributed by atoms with Crippen molar-refractivity contribution < 1.29 is 4.74 Å². The summed E-state index contributed by atoms with van der Waals surface area (Å²) in [4.78, 5) is 22.9. The minimum atomic E-state index is -0.343. The van der Waals surface area contributed by atoms with Crippen molar-refractivity contribution in [3.8, 4) is 0 Å². The second-order valence-corrected chi connectivity index (χ2v) is 7.44. The van der Waals surface area contributed by atoms with Gasteiger partial charge in [-0.15, -0.1) is 0 Å². The first-order chi connectivity index (χ1) is 13.0. The maximum absolute atomic E-state index is 12.0. The summed E-state index contributed by atoms with van der Waals surface area (Å²) < 4.78 is 7.78. The molecule has 0 radical (unpaired) electrons. The predicted octanol–water partition coefficient (Wildman–Crippen LogP) is 2.33. The Balaban J connectivity index is 1.51. The number of imidazole rings is 1. The Hall–Kier alpha value is -2.58. The molecule has 8 heteroatoms. The van der Waals surface area contributed by atoms with Crippen LogP contribution in [0.15, 0.2) is 53.6 Å². The number of benzene rings is 1. The summed E-state index contributed by atoms with van der Waals surface area (Å²) in [7, 11) is 0. The van der Waals surface area contributed by atoms with E-state index in [-0.39, 0.29) is 34.2 Å². The van der Waals surface area contributed by atoms with Crippen molar-refractivity contribution >= 4 is 29.7 Å². The third-order valence-corrected chi connectivity index (χ3v) is 5.60. The summed E-state index contributed by atoms with van der Waals surface area (Å²) in [5, 5.41) is 0.107. The van der Waals surface area contributed by atoms with Crippen LogP contribution in [-0.4, -0.2) is 31.4 Å². The van der Waals surface area contributed by atoms with Crippen LogP contribution >= 0.6 is 12.6 Å². The van der Waals surface area contributed by atoms with E-state index in [0.29, 0.717) is 18.9 Å². The summed E-state index contributed by atoms with van der Waals surface area (Å²) in [6.45, 7) is 5.37. The average molecular weight is 383 g/mol. The lowest BCUT2D eigenvalue weighted by Gasteiger charge is -2.18. The number of hydrogen-bond acceptors (Lipinski definition) is 6. The van der Waals surface area contributed by atoms with Gasteiger partial charge in [-0.25, -0.2) is 4.98 Å². The lowest BCUT2D eigenvalue weighted by atomic mass is 10.0. The Morgan fingerprint density at radius 3 is 2.93 bits per heavy atom. The maximum Gasteiger partial charge on any atom is 0.280 e. The number of aromatic nitrogens is 4. The average Bonchev–Trinajstić information content (AvgIpc) is 3.18. The topological polar surface area (TPSA) is 98.8 Å². The van der Waals surface area contributed by atoms with E-state index in [1.165, 1.54) is 0 Å². The standard InChI is InChI=1S/C19H21N5O2S/c1-11-13(9-26-8-12-5-3-2-4-6-12)15(27)7-14(11)24-10-21-16-17(24)22-19(20)23-18(16)25/h2-6,10,13-15,27H,1,7-9H2,(H3,20,22,23,25)/t13-,14-,15-/m0/s1. The zero-order chi connectivity index (χ0) is 19.0. The number of thiol groups is 1. The molecule has 4 rings (SSSR count). The third-order valence-electron chi connectivity index (χ3n) is 5.03. The normalized spacial score (nSPS) is 22.6. The van der Waals surface area contributed by atoms with Crippen LogP contribution in [0, 0.1) is 5.92 Å². The largest absolute Gasteiger partial charge is 0.376 e. The Morgan fingerprint density at radius 1 is 1.37 bits per heavy atom. The highest BCUT2D eigenvalue weighted by Gasteiger charge is 2.37. The second kappa shape index (κ2) is 7.21. The molecule has 1 fully saturated rings. The van der Waals surface area contributed by atoms with E-state index < -0.39 is 0 Å². The molecule has 3 atom stereocenters. The molecule has 0 saturated heterocycles. The quantitative estimate of drug-likeness (QED) is 0.464. The molecule has 0 spiro atoms. The highest BCUT2D eigenvalue weighted by atomic mass is 32.1. The van der Waals surface area contributed by atoms with Crippen LogP contribution in [0.1, 0.15) is 18.0 Å². The van der Waals surface area contributed by atoms with Crippen LogP contribution in [0.2, 0.25) is 0 Å². The molecule has 27 heavy (non-hydrogen) atoms. The number of fused-ring (bicyclic) bond motifs is 1. The van der Waals surface area contributed by atoms with Crippen LogP contribution < -0.4 is 11.3 Å². The van der Waals surface area contributed by atoms with Gasteiger partial charge in [-0.3, -0.25) is 9.78 Å². The minimum Gasteiger partial charge on any atom is -0.376 e. The van der Waals surface area contributed by atoms with Gasteiger partial charge in [0.05, 0.1) is 25.6 Å². The molecule has 1 aromatic carbocycles. The molecule has 1 aliphatic carbocycles. The number of nitrogens with one attached hydrogen (secondary N) is 1. The smallest absolute Gasteiger partial charge is 0.280 e. The highest BCUT2D eigenvalue weighted by molar-refractivity contribution is 7.81. The first-order valence-electron chi connectivity index (χ1n) is 8.75. The van der Waals surface area contributed by atoms with Gasteiger partial charge < -0.3 is 15.0 Å². The number of anilines is 1. The molecule has 2 heterocycles. The third kappa shape index (κ3) is 3.38. The van der Waals surface area contributed by atoms with E-state index in [0.717, 1.165) is 17.6 Å². The minimum absolute atomic E-state index is 0.0449. The van der Waals surface area contributed by atoms with Gasteiger partial charge in [0, 0.05) is 11.2 Å². The lowest BCUT2D eigenvalue weighted by Crippen LogP contribution is -2.16. The zero-order valence-corrected chi connectivity index (χ0v) is 15.6. The van der Waals surface area contributed by atoms with Crippen LogP contribution in [0.3, 0.4) is 0 Å². The molecule has 140 valence electrons. The fourth-order valence-corrected chi connectivity index (χ4v) is 4.08. The van der Waals surface area contributed by atoms with Gasteiger partial charge in [0.2, 0.25) is 5.95 Å². The molecule has 7 nitrogen and oxygen atoms in total. The van der Waals surface area contributed by atoms with Crippen molar-refractivity contribution in [3.05, 3.63) is 64.7 Å². The van der Waals surface area contributed by atoms with E-state index in [4.69, 9.17) is 23.1 Å². The van der Waals surface area contributed by atoms with E-state index >= 15 is 0 Å². The van der Waals surface area contributed by atoms with Crippen LogP contribution in [0.5, 0.6) is 0 Å². The molecule has 2 aromatic heterocycles. The monoisotopic (exact) mass is 383 g/mol. The van der Waals surface area contributed by atoms with Crippen molar-refractivity contribution in [1.82, 2.24) is 19.5 Å². The Labute approximate surface area is 161 Å². The summed E-state index contributed by atoms with van der Waals surface area (Å²) in [6, 6.07) is 10.0. The Morgan fingerprint density at radius 2 is 2.15 bits per heavy atom. The summed E-state index contributed by atoms with van der Waals surface area (Å²) in [6.07, 6.45) is 2.39. The molecular weight excluding hydrogens is 362 g/mol. The van der Waals surface area contributed by atoms with Crippen molar-refractivity contribution in [2.45, 2.75) is 24.3 Å². The van der Waals surface area contributed by atoms with Gasteiger partial charge in [0.25, 0.3) is 5.56 Å². The van der Waals surface area contributed by atoms with E-state index in [1.54, 1.807) is 6.33 Å². The molecule has 3 N–H and O–H groups in total. The van der Waals surface area contributed by atoms with Crippen molar-refractivity contribution in [2.75, 3.05) is 12.3 Å². The number of nitrogen functional groups attached to an aromatic ring is 1. The second-order valence-electron chi connectivity index (χ2n) is 6.78. The number of nitrogens with zero attached hydrogens (tertiary/aromatic N) is 3. The number of hydrogen-bond donors (Lipinski definition) is 3. The van der Waals surface area contributed by atoms with Gasteiger partial charge >= 0.3 is 0 Å². The number of H-pyrrole nitrogens is 1. The Kier molecular flexibility index (Phi) is 4.75. The number of rotatable bonds is 5. The molecule has 1 saturated carbocycles. The van der Waals surface area contributed by atoms with E-state index in [1.807, 2.05) is 34.9 Å². The van der Waals surface area contributed by atoms with Crippen molar-refractivity contribution in [1.29, 1.82) is 0 Å². The number of nitrogens with two attached hydrogens (primary N) is 1. The SMILES string of the molecule is C=C1[C@H](COCc2ccccc2)[C@@H](S)C[C@@H]1n1cnc2c(=O)[nH]c(N)nc21. The first kappa shape index (κ1) is 17.8. The molecule has 0 bridgehead atoms. The van der Waals surface area contributed by atoms with Crippen molar-refractivity contribution in [2.24, 2.45) is 5.92 Å². The maximum atomic E-state index is 12.0. The number of ether oxygens (including phenoxy) is 1. The summed E-state index contributed by atoms with van der Waals surface area (Å²) in [5.74, 6) is 0.182. The van der Waals surface area contributed by atoms with Crippen molar-refractivity contribution in [3.63, 3.8) is 0 Å². The molecule has 3 aromatic rings. The predicted molar refractivity (Wildman–Crippen MR) is 108 cm³/mol. The fraction of sp³-hybridized carbons (Fsp3) is 0.316. The van der Waals surface area contributed by atoms with Gasteiger partial charge in [-0.1, -0.05) is 36.9 Å². The van der Waals surface area contributed by atoms with E-state index in [9.17, 15) is 4.79 Å². The zero-order valence-electron chi connectivity index (χ0n) is 14.7. The number of aromatic amines is 1. The molecule has 0 amide bonds. The fourth-order valence-electron chi connectivity index (χ4n) is 3.60. The van der Waals surface area contributed by atoms with Crippen LogP contribution in [0.4, 0.5) is 5.95 Å². The molecule has 0 aliphatic heterocycles. The molecular formula is C19H21N5O2S. The Bertz CT molecular complexity index is 1030. The highest BCUT2D eigenvalue weighted by Crippen LogP contribution is 2.42. The van der Waals surface area contributed by atoms with Crippen LogP contribution in [-0.2, 0) is 11.3 Å². The first-order valence-corrected chi connectivity index (χ1v) is 9.27. The van der Waals surface area contributed by atoms with Gasteiger partial charge in [0.15, 0.2) is 11.2 Å². The molecule has 0 unspecified atom stereocenters. The van der Waals surface area contributed by atoms with E-state index in [2.05, 4.69) is 21.5 Å². The van der Waals surface area contributed by atoms with Gasteiger partial charge in [-0.2, -0.15) is 17.6 Å². The lowest BCUT2D eigenvalue weighted by molar-refractivity contribution is 0.0994. The summed E-state index contributed by atoms with van der Waals surface area (Å²) in [5.41, 5.74) is 8.23.